The molecular formula is C19H32O2S. The fourth-order valence-corrected chi connectivity index (χ4v) is 2.74. The van der Waals surface area contributed by atoms with Gasteiger partial charge in [-0.2, -0.15) is 12.6 Å². The Labute approximate surface area is 142 Å². The topological polar surface area (TPSA) is 18.5 Å². The van der Waals surface area contributed by atoms with E-state index in [1.54, 1.807) is 0 Å². The average Bonchev–Trinajstić information content (AvgIpc) is 2.42. The second kappa shape index (κ2) is 8.83. The third-order valence-electron chi connectivity index (χ3n) is 3.69. The smallest absolute Gasteiger partial charge is 0.197 e. The quantitative estimate of drug-likeness (QED) is 0.500. The molecular weight excluding hydrogens is 292 g/mol. The fraction of sp³-hybridized carbons (Fsp3) is 0.684. The van der Waals surface area contributed by atoms with Gasteiger partial charge in [-0.3, -0.25) is 0 Å². The molecule has 0 saturated heterocycles. The van der Waals surface area contributed by atoms with E-state index in [1.165, 1.54) is 12.0 Å². The van der Waals surface area contributed by atoms with Crippen LogP contribution in [-0.2, 0) is 4.74 Å². The van der Waals surface area contributed by atoms with Crippen molar-refractivity contribution in [3.63, 3.8) is 0 Å². The summed E-state index contributed by atoms with van der Waals surface area (Å²) in [5, 5.41) is 0. The van der Waals surface area contributed by atoms with Crippen LogP contribution in [0.3, 0.4) is 0 Å². The molecule has 0 amide bonds. The Bertz CT molecular complexity index is 420. The van der Waals surface area contributed by atoms with Gasteiger partial charge < -0.3 is 9.47 Å². The largest absolute Gasteiger partial charge is 0.465 e. The Kier molecular flexibility index (Phi) is 7.78. The molecule has 2 nitrogen and oxygen atoms in total. The molecule has 2 unspecified atom stereocenters. The lowest BCUT2D eigenvalue weighted by Gasteiger charge is -2.29. The number of hydrogen-bond donors (Lipinski definition) is 1. The van der Waals surface area contributed by atoms with E-state index in [0.717, 1.165) is 5.75 Å². The van der Waals surface area contributed by atoms with Crippen molar-refractivity contribution in [3.8, 4) is 5.75 Å². The zero-order valence-corrected chi connectivity index (χ0v) is 15.8. The minimum Gasteiger partial charge on any atom is -0.465 e. The lowest BCUT2D eigenvalue weighted by Crippen LogP contribution is -2.18. The molecule has 0 saturated carbocycles. The van der Waals surface area contributed by atoms with Crippen molar-refractivity contribution in [2.24, 2.45) is 11.3 Å². The predicted molar refractivity (Wildman–Crippen MR) is 98.0 cm³/mol. The van der Waals surface area contributed by atoms with E-state index >= 15 is 0 Å². The van der Waals surface area contributed by atoms with Crippen molar-refractivity contribution >= 4 is 12.6 Å². The number of rotatable bonds is 8. The lowest BCUT2D eigenvalue weighted by molar-refractivity contribution is -0.0601. The number of benzene rings is 1. The van der Waals surface area contributed by atoms with E-state index in [0.29, 0.717) is 29.6 Å². The molecule has 0 aliphatic rings. The highest BCUT2D eigenvalue weighted by atomic mass is 32.1. The number of hydrogen-bond acceptors (Lipinski definition) is 3. The summed E-state index contributed by atoms with van der Waals surface area (Å²) in [4.78, 5) is 0. The highest BCUT2D eigenvalue weighted by Crippen LogP contribution is 2.36. The van der Waals surface area contributed by atoms with E-state index in [2.05, 4.69) is 59.4 Å². The van der Waals surface area contributed by atoms with Gasteiger partial charge in [0.15, 0.2) is 6.29 Å². The van der Waals surface area contributed by atoms with Gasteiger partial charge in [0.1, 0.15) is 5.75 Å². The molecule has 22 heavy (non-hydrogen) atoms. The third-order valence-corrected chi connectivity index (χ3v) is 3.87. The summed E-state index contributed by atoms with van der Waals surface area (Å²) in [6.45, 7) is 14.0. The second-order valence-corrected chi connectivity index (χ2v) is 7.91. The van der Waals surface area contributed by atoms with Crippen LogP contribution in [0.2, 0.25) is 0 Å². The maximum Gasteiger partial charge on any atom is 0.197 e. The maximum atomic E-state index is 5.76. The molecule has 0 N–H and O–H groups in total. The molecule has 1 aromatic rings. The molecule has 0 aliphatic carbocycles. The lowest BCUT2D eigenvalue weighted by atomic mass is 9.76. The first kappa shape index (κ1) is 19.4. The van der Waals surface area contributed by atoms with Crippen LogP contribution in [0.4, 0.5) is 0 Å². The van der Waals surface area contributed by atoms with Gasteiger partial charge in [0.2, 0.25) is 0 Å². The summed E-state index contributed by atoms with van der Waals surface area (Å²) in [7, 11) is 0. The molecule has 126 valence electrons. The zero-order valence-electron chi connectivity index (χ0n) is 14.9. The number of ether oxygens (including phenoxy) is 2. The van der Waals surface area contributed by atoms with Gasteiger partial charge in [-0.15, -0.1) is 0 Å². The van der Waals surface area contributed by atoms with Crippen LogP contribution in [0.25, 0.3) is 0 Å². The molecule has 0 aliphatic heterocycles. The van der Waals surface area contributed by atoms with Crippen molar-refractivity contribution in [3.05, 3.63) is 29.8 Å². The first-order chi connectivity index (χ1) is 10.2. The van der Waals surface area contributed by atoms with Gasteiger partial charge in [-0.25, -0.2) is 0 Å². The van der Waals surface area contributed by atoms with E-state index < -0.39 is 0 Å². The number of thiol groups is 1. The maximum absolute atomic E-state index is 5.76. The molecule has 0 radical (unpaired) electrons. The SMILES string of the molecule is CC(OCCS)Oc1ccc(C(CC(C)(C)C)C(C)C)cc1. The summed E-state index contributed by atoms with van der Waals surface area (Å²) in [5.41, 5.74) is 1.72. The van der Waals surface area contributed by atoms with Crippen molar-refractivity contribution in [1.82, 2.24) is 0 Å². The molecule has 1 rings (SSSR count). The fourth-order valence-electron chi connectivity index (χ4n) is 2.64. The summed E-state index contributed by atoms with van der Waals surface area (Å²) >= 11 is 4.13. The third kappa shape index (κ3) is 7.06. The van der Waals surface area contributed by atoms with Crippen LogP contribution in [0, 0.1) is 11.3 Å². The van der Waals surface area contributed by atoms with Crippen LogP contribution in [0.15, 0.2) is 24.3 Å². The van der Waals surface area contributed by atoms with Crippen LogP contribution < -0.4 is 4.74 Å². The van der Waals surface area contributed by atoms with Crippen molar-refractivity contribution in [2.75, 3.05) is 12.4 Å². The van der Waals surface area contributed by atoms with Gasteiger partial charge in [-0.1, -0.05) is 46.8 Å². The molecule has 0 fully saturated rings. The van der Waals surface area contributed by atoms with Gasteiger partial charge in [-0.05, 0) is 48.3 Å². The molecule has 0 heterocycles. The van der Waals surface area contributed by atoms with Gasteiger partial charge >= 0.3 is 0 Å². The predicted octanol–water partition coefficient (Wildman–Crippen LogP) is 5.53. The van der Waals surface area contributed by atoms with E-state index in [4.69, 9.17) is 9.47 Å². The Morgan fingerprint density at radius 3 is 2.09 bits per heavy atom. The summed E-state index contributed by atoms with van der Waals surface area (Å²) in [6.07, 6.45) is 0.945. The minimum atomic E-state index is -0.242. The normalized spacial score (nSPS) is 14.9. The highest BCUT2D eigenvalue weighted by Gasteiger charge is 2.23. The highest BCUT2D eigenvalue weighted by molar-refractivity contribution is 7.80. The first-order valence-corrected chi connectivity index (χ1v) is 8.85. The molecule has 0 spiro atoms. The van der Waals surface area contributed by atoms with Crippen LogP contribution in [-0.4, -0.2) is 18.6 Å². The van der Waals surface area contributed by atoms with E-state index in [-0.39, 0.29) is 6.29 Å². The molecule has 3 heteroatoms. The monoisotopic (exact) mass is 324 g/mol. The first-order valence-electron chi connectivity index (χ1n) is 8.22. The van der Waals surface area contributed by atoms with Crippen molar-refractivity contribution in [2.45, 2.75) is 60.2 Å². The summed E-state index contributed by atoms with van der Waals surface area (Å²) in [5.74, 6) is 2.76. The summed E-state index contributed by atoms with van der Waals surface area (Å²) < 4.78 is 11.2. The molecule has 0 aromatic heterocycles. The second-order valence-electron chi connectivity index (χ2n) is 7.46. The van der Waals surface area contributed by atoms with Crippen molar-refractivity contribution in [1.29, 1.82) is 0 Å². The Hall–Kier alpha value is -0.670. The van der Waals surface area contributed by atoms with Gasteiger partial charge in [0.25, 0.3) is 0 Å². The Morgan fingerprint density at radius 1 is 1.05 bits per heavy atom. The van der Waals surface area contributed by atoms with Crippen LogP contribution >= 0.6 is 12.6 Å². The Morgan fingerprint density at radius 2 is 1.64 bits per heavy atom. The standard InChI is InChI=1S/C19H32O2S/c1-14(2)18(13-19(4,5)6)16-7-9-17(10-8-16)21-15(3)20-11-12-22/h7-10,14-15,18,22H,11-13H2,1-6H3. The average molecular weight is 325 g/mol. The van der Waals surface area contributed by atoms with E-state index in [1.807, 2.05) is 19.1 Å². The van der Waals surface area contributed by atoms with Crippen LogP contribution in [0.1, 0.15) is 59.4 Å². The molecule has 1 aromatic carbocycles. The summed E-state index contributed by atoms with van der Waals surface area (Å²) in [6, 6.07) is 8.48. The van der Waals surface area contributed by atoms with Gasteiger partial charge in [0, 0.05) is 5.75 Å². The minimum absolute atomic E-state index is 0.242. The molecule has 0 bridgehead atoms. The zero-order chi connectivity index (χ0) is 16.8. The molecule has 2 atom stereocenters. The van der Waals surface area contributed by atoms with Crippen LogP contribution in [0.5, 0.6) is 5.75 Å². The van der Waals surface area contributed by atoms with E-state index in [9.17, 15) is 0 Å². The van der Waals surface area contributed by atoms with Gasteiger partial charge in [0.05, 0.1) is 6.61 Å². The van der Waals surface area contributed by atoms with Crippen molar-refractivity contribution < 1.29 is 9.47 Å². The Balaban J connectivity index is 2.73.